The van der Waals surface area contributed by atoms with Crippen LogP contribution in [0.4, 0.5) is 11.5 Å². The average Bonchev–Trinajstić information content (AvgIpc) is 2.46. The average molecular weight is 310 g/mol. The third-order valence-corrected chi connectivity index (χ3v) is 3.28. The Hall–Kier alpha value is -1.49. The Labute approximate surface area is 132 Å². The molecule has 0 bridgehead atoms. The van der Waals surface area contributed by atoms with E-state index >= 15 is 0 Å². The summed E-state index contributed by atoms with van der Waals surface area (Å²) in [7, 11) is 1.93. The lowest BCUT2D eigenvalue weighted by Gasteiger charge is -2.18. The quantitative estimate of drug-likeness (QED) is 0.486. The van der Waals surface area contributed by atoms with Gasteiger partial charge in [-0.3, -0.25) is 0 Å². The van der Waals surface area contributed by atoms with Crippen molar-refractivity contribution in [2.75, 3.05) is 18.5 Å². The topological polar surface area (TPSA) is 53.7 Å². The van der Waals surface area contributed by atoms with Crippen LogP contribution in [0.3, 0.4) is 0 Å². The highest BCUT2D eigenvalue weighted by atomic mass is 35.5. The fourth-order valence-corrected chi connectivity index (χ4v) is 2.20. The van der Waals surface area contributed by atoms with E-state index in [9.17, 15) is 0 Å². The van der Waals surface area contributed by atoms with Crippen LogP contribution in [0.2, 0.25) is 5.15 Å². The summed E-state index contributed by atoms with van der Waals surface area (Å²) in [6.07, 6.45) is 6.08. The molecule has 0 unspecified atom stereocenters. The molecule has 1 aromatic rings. The van der Waals surface area contributed by atoms with E-state index < -0.39 is 0 Å². The monoisotopic (exact) mass is 309 g/mol. The molecule has 0 aliphatic rings. The summed E-state index contributed by atoms with van der Waals surface area (Å²) in [5.41, 5.74) is 0.811. The predicted molar refractivity (Wildman–Crippen MR) is 88.6 cm³/mol. The number of nitrogens with zero attached hydrogens (tertiary/aromatic N) is 5. The van der Waals surface area contributed by atoms with E-state index in [0.717, 1.165) is 31.4 Å². The molecule has 0 aliphatic carbocycles. The van der Waals surface area contributed by atoms with Crippen molar-refractivity contribution in [3.63, 3.8) is 0 Å². The lowest BCUT2D eigenvalue weighted by atomic mass is 10.1. The van der Waals surface area contributed by atoms with Gasteiger partial charge in [0.2, 0.25) is 5.82 Å². The van der Waals surface area contributed by atoms with Crippen molar-refractivity contribution in [1.29, 1.82) is 0 Å². The maximum atomic E-state index is 5.92. The van der Waals surface area contributed by atoms with E-state index in [2.05, 4.69) is 40.9 Å². The summed E-state index contributed by atoms with van der Waals surface area (Å²) in [6, 6.07) is 2.00. The molecule has 1 heterocycles. The Bertz CT molecular complexity index is 469. The lowest BCUT2D eigenvalue weighted by molar-refractivity contribution is 0.536. The van der Waals surface area contributed by atoms with Gasteiger partial charge in [-0.1, -0.05) is 44.4 Å². The predicted octanol–water partition coefficient (Wildman–Crippen LogP) is 4.80. The van der Waals surface area contributed by atoms with Crippen molar-refractivity contribution < 1.29 is 0 Å². The summed E-state index contributed by atoms with van der Waals surface area (Å²) in [4.78, 5) is 1.97. The Morgan fingerprint density at radius 1 is 1.33 bits per heavy atom. The number of likely N-dealkylation sites (N-methyl/N-ethyl adjacent to an activating group) is 1. The lowest BCUT2D eigenvalue weighted by Crippen LogP contribution is -2.17. The van der Waals surface area contributed by atoms with Crippen molar-refractivity contribution >= 4 is 23.1 Å². The fraction of sp³-hybridized carbons (Fsp3) is 0.600. The van der Waals surface area contributed by atoms with E-state index in [0.29, 0.717) is 17.5 Å². The molecular formula is C15H24ClN5. The molecule has 0 amide bonds. The molecule has 0 aliphatic heterocycles. The minimum absolute atomic E-state index is 0.245. The van der Waals surface area contributed by atoms with Gasteiger partial charge in [0.1, 0.15) is 0 Å². The van der Waals surface area contributed by atoms with Crippen LogP contribution in [0.25, 0.3) is 0 Å². The van der Waals surface area contributed by atoms with Crippen LogP contribution in [-0.4, -0.2) is 29.8 Å². The largest absolute Gasteiger partial charge is 0.368 e. The third-order valence-electron chi connectivity index (χ3n) is 3.10. The van der Waals surface area contributed by atoms with Crippen LogP contribution in [0.1, 0.15) is 39.5 Å². The Balaban J connectivity index is 2.97. The molecule has 0 fully saturated rings. The zero-order valence-electron chi connectivity index (χ0n) is 13.1. The van der Waals surface area contributed by atoms with Gasteiger partial charge in [-0.05, 0) is 12.8 Å². The van der Waals surface area contributed by atoms with Gasteiger partial charge in [0.05, 0.1) is 11.7 Å². The van der Waals surface area contributed by atoms with Crippen LogP contribution in [-0.2, 0) is 0 Å². The number of azo groups is 1. The van der Waals surface area contributed by atoms with Gasteiger partial charge < -0.3 is 4.90 Å². The van der Waals surface area contributed by atoms with Crippen LogP contribution < -0.4 is 4.90 Å². The summed E-state index contributed by atoms with van der Waals surface area (Å²) < 4.78 is 0. The van der Waals surface area contributed by atoms with Crippen molar-refractivity contribution in [3.8, 4) is 0 Å². The molecule has 0 aromatic carbocycles. The van der Waals surface area contributed by atoms with Gasteiger partial charge in [0, 0.05) is 19.7 Å². The van der Waals surface area contributed by atoms with E-state index in [-0.39, 0.29) is 6.04 Å². The van der Waals surface area contributed by atoms with Crippen LogP contribution in [0, 0.1) is 0 Å². The van der Waals surface area contributed by atoms with E-state index in [1.807, 2.05) is 18.0 Å². The molecule has 0 saturated carbocycles. The molecule has 0 radical (unpaired) electrons. The first kappa shape index (κ1) is 17.6. The van der Waals surface area contributed by atoms with Gasteiger partial charge >= 0.3 is 0 Å². The molecule has 6 heteroatoms. The summed E-state index contributed by atoms with van der Waals surface area (Å²) in [5, 5.41) is 17.0. The smallest absolute Gasteiger partial charge is 0.219 e. The van der Waals surface area contributed by atoms with E-state index in [1.165, 1.54) is 0 Å². The van der Waals surface area contributed by atoms with Gasteiger partial charge in [0.15, 0.2) is 5.15 Å². The Morgan fingerprint density at radius 3 is 2.57 bits per heavy atom. The fourth-order valence-electron chi connectivity index (χ4n) is 2.06. The van der Waals surface area contributed by atoms with Gasteiger partial charge in [0.25, 0.3) is 0 Å². The minimum atomic E-state index is 0.245. The second kappa shape index (κ2) is 9.45. The highest BCUT2D eigenvalue weighted by molar-refractivity contribution is 6.29. The molecule has 0 N–H and O–H groups in total. The Morgan fingerprint density at radius 2 is 2.00 bits per heavy atom. The second-order valence-electron chi connectivity index (χ2n) is 4.99. The number of hydrogen-bond donors (Lipinski definition) is 0. The standard InChI is InChI=1S/C15H24ClN5/c1-5-8-12(9-6-2)17-19-15-13(21(4)10-7-3)11-14(16)18-20-15/h7,11-12H,3,5-6,8-10H2,1-2,4H3. The molecule has 0 spiro atoms. The van der Waals surface area contributed by atoms with Gasteiger partial charge in [-0.2, -0.15) is 5.11 Å². The van der Waals surface area contributed by atoms with Crippen LogP contribution >= 0.6 is 11.6 Å². The van der Waals surface area contributed by atoms with Crippen LogP contribution in [0.5, 0.6) is 0 Å². The van der Waals surface area contributed by atoms with E-state index in [1.54, 1.807) is 6.07 Å². The molecule has 1 rings (SSSR count). The molecule has 21 heavy (non-hydrogen) atoms. The number of anilines is 1. The summed E-state index contributed by atoms with van der Waals surface area (Å²) >= 11 is 5.92. The normalized spacial score (nSPS) is 11.3. The zero-order valence-corrected chi connectivity index (χ0v) is 13.8. The Kier molecular flexibility index (Phi) is 7.90. The minimum Gasteiger partial charge on any atom is -0.368 e. The first-order valence-electron chi connectivity index (χ1n) is 7.38. The van der Waals surface area contributed by atoms with Gasteiger partial charge in [-0.25, -0.2) is 0 Å². The number of aromatic nitrogens is 2. The zero-order chi connectivity index (χ0) is 15.7. The van der Waals surface area contributed by atoms with Crippen LogP contribution in [0.15, 0.2) is 28.9 Å². The van der Waals surface area contributed by atoms with Crippen molar-refractivity contribution in [1.82, 2.24) is 10.2 Å². The SMILES string of the molecule is C=CCN(C)c1cc(Cl)nnc1N=NC(CCC)CCC. The number of hydrogen-bond acceptors (Lipinski definition) is 5. The summed E-state index contributed by atoms with van der Waals surface area (Å²) in [5.74, 6) is 0.501. The van der Waals surface area contributed by atoms with Crippen molar-refractivity contribution in [2.24, 2.45) is 10.2 Å². The summed E-state index contributed by atoms with van der Waals surface area (Å²) in [6.45, 7) is 8.73. The second-order valence-corrected chi connectivity index (χ2v) is 5.38. The molecular weight excluding hydrogens is 286 g/mol. The molecule has 116 valence electrons. The van der Waals surface area contributed by atoms with Gasteiger partial charge in [-0.15, -0.1) is 21.9 Å². The molecule has 0 atom stereocenters. The van der Waals surface area contributed by atoms with Crippen molar-refractivity contribution in [3.05, 3.63) is 23.9 Å². The first-order chi connectivity index (χ1) is 10.1. The maximum Gasteiger partial charge on any atom is 0.219 e. The van der Waals surface area contributed by atoms with E-state index in [4.69, 9.17) is 11.6 Å². The maximum absolute atomic E-state index is 5.92. The molecule has 5 nitrogen and oxygen atoms in total. The molecule has 1 aromatic heterocycles. The molecule has 0 saturated heterocycles. The third kappa shape index (κ3) is 5.79. The highest BCUT2D eigenvalue weighted by Crippen LogP contribution is 2.28. The van der Waals surface area contributed by atoms with Crippen molar-refractivity contribution in [2.45, 2.75) is 45.6 Å². The number of rotatable bonds is 9. The first-order valence-corrected chi connectivity index (χ1v) is 7.76. The highest BCUT2D eigenvalue weighted by Gasteiger charge is 2.11. The number of halogens is 1.